The predicted molar refractivity (Wildman–Crippen MR) is 62.7 cm³/mol. The van der Waals surface area contributed by atoms with Gasteiger partial charge in [0, 0.05) is 5.56 Å². The minimum absolute atomic E-state index is 0.0779. The summed E-state index contributed by atoms with van der Waals surface area (Å²) < 4.78 is 9.51. The fourth-order valence-corrected chi connectivity index (χ4v) is 1.38. The van der Waals surface area contributed by atoms with Gasteiger partial charge >= 0.3 is 6.16 Å². The van der Waals surface area contributed by atoms with Gasteiger partial charge in [0.25, 0.3) is 0 Å². The number of methoxy groups -OCH3 is 1. The maximum atomic E-state index is 10.3. The Kier molecular flexibility index (Phi) is 3.38. The Morgan fingerprint density at radius 2 is 1.94 bits per heavy atom. The molecule has 0 saturated carbocycles. The van der Waals surface area contributed by atoms with Crippen molar-refractivity contribution in [2.45, 2.75) is 0 Å². The van der Waals surface area contributed by atoms with Gasteiger partial charge in [0.2, 0.25) is 0 Å². The van der Waals surface area contributed by atoms with Gasteiger partial charge in [-0.1, -0.05) is 12.1 Å². The van der Waals surface area contributed by atoms with Crippen molar-refractivity contribution in [2.24, 2.45) is 0 Å². The van der Waals surface area contributed by atoms with Crippen molar-refractivity contribution in [3.05, 3.63) is 36.7 Å². The van der Waals surface area contributed by atoms with Crippen molar-refractivity contribution in [3.8, 4) is 22.9 Å². The van der Waals surface area contributed by atoms with Crippen LogP contribution >= 0.6 is 0 Å². The Morgan fingerprint density at radius 1 is 1.22 bits per heavy atom. The summed E-state index contributed by atoms with van der Waals surface area (Å²) in [5, 5.41) is 8.43. The SMILES string of the molecule is COc1cccc(-c2ncc(OC(=O)O)cn2)c1. The van der Waals surface area contributed by atoms with Crippen LogP contribution in [0.2, 0.25) is 0 Å². The quantitative estimate of drug-likeness (QED) is 0.836. The predicted octanol–water partition coefficient (Wildman–Crippen LogP) is 2.21. The van der Waals surface area contributed by atoms with E-state index in [-0.39, 0.29) is 5.75 Å². The first-order chi connectivity index (χ1) is 8.69. The van der Waals surface area contributed by atoms with Crippen LogP contribution in [0.1, 0.15) is 0 Å². The Hall–Kier alpha value is -2.63. The van der Waals surface area contributed by atoms with Crippen LogP contribution in [0.5, 0.6) is 11.5 Å². The lowest BCUT2D eigenvalue weighted by atomic mass is 10.2. The number of carboxylic acid groups (broad SMARTS) is 1. The van der Waals surface area contributed by atoms with Crippen LogP contribution in [-0.2, 0) is 0 Å². The lowest BCUT2D eigenvalue weighted by Gasteiger charge is -2.04. The molecule has 0 spiro atoms. The van der Waals surface area contributed by atoms with E-state index in [1.165, 1.54) is 12.4 Å². The number of hydrogen-bond donors (Lipinski definition) is 1. The van der Waals surface area contributed by atoms with E-state index in [2.05, 4.69) is 14.7 Å². The summed E-state index contributed by atoms with van der Waals surface area (Å²) in [6.07, 6.45) is 1.21. The van der Waals surface area contributed by atoms with Gasteiger partial charge in [-0.25, -0.2) is 14.8 Å². The highest BCUT2D eigenvalue weighted by molar-refractivity contribution is 5.61. The molecule has 6 nitrogen and oxygen atoms in total. The molecule has 18 heavy (non-hydrogen) atoms. The highest BCUT2D eigenvalue weighted by atomic mass is 16.7. The van der Waals surface area contributed by atoms with Crippen LogP contribution in [0.3, 0.4) is 0 Å². The van der Waals surface area contributed by atoms with Crippen LogP contribution in [0.15, 0.2) is 36.7 Å². The fourth-order valence-electron chi connectivity index (χ4n) is 1.38. The molecule has 6 heteroatoms. The molecule has 0 aliphatic rings. The third-order valence-corrected chi connectivity index (χ3v) is 2.16. The smallest absolute Gasteiger partial charge is 0.497 e. The third-order valence-electron chi connectivity index (χ3n) is 2.16. The standard InChI is InChI=1S/C12H10N2O4/c1-17-9-4-2-3-8(5-9)11-13-6-10(7-14-11)18-12(15)16/h2-7H,1H3,(H,15,16). The van der Waals surface area contributed by atoms with Crippen molar-refractivity contribution in [1.29, 1.82) is 0 Å². The molecule has 0 atom stereocenters. The molecule has 1 aromatic carbocycles. The van der Waals surface area contributed by atoms with Crippen molar-refractivity contribution >= 4 is 6.16 Å². The fraction of sp³-hybridized carbons (Fsp3) is 0.0833. The van der Waals surface area contributed by atoms with Crippen LogP contribution in [0, 0.1) is 0 Å². The van der Waals surface area contributed by atoms with E-state index in [0.29, 0.717) is 11.6 Å². The van der Waals surface area contributed by atoms with Gasteiger partial charge in [-0.15, -0.1) is 0 Å². The van der Waals surface area contributed by atoms with Gasteiger partial charge < -0.3 is 14.6 Å². The van der Waals surface area contributed by atoms with E-state index >= 15 is 0 Å². The molecule has 0 bridgehead atoms. The average molecular weight is 246 g/mol. The summed E-state index contributed by atoms with van der Waals surface area (Å²) in [5.41, 5.74) is 0.774. The maximum Gasteiger partial charge on any atom is 0.511 e. The van der Waals surface area contributed by atoms with Crippen molar-refractivity contribution in [1.82, 2.24) is 9.97 Å². The molecule has 0 aliphatic heterocycles. The van der Waals surface area contributed by atoms with Gasteiger partial charge in [-0.05, 0) is 12.1 Å². The second-order valence-electron chi connectivity index (χ2n) is 3.34. The topological polar surface area (TPSA) is 81.5 Å². The molecule has 2 aromatic rings. The second kappa shape index (κ2) is 5.13. The molecule has 1 aromatic heterocycles. The highest BCUT2D eigenvalue weighted by Crippen LogP contribution is 2.21. The average Bonchev–Trinajstić information content (AvgIpc) is 2.39. The third kappa shape index (κ3) is 2.73. The van der Waals surface area contributed by atoms with Gasteiger partial charge in [0.05, 0.1) is 19.5 Å². The number of benzene rings is 1. The van der Waals surface area contributed by atoms with Gasteiger partial charge in [0.1, 0.15) is 5.75 Å². The minimum atomic E-state index is -1.40. The molecule has 0 aliphatic carbocycles. The lowest BCUT2D eigenvalue weighted by molar-refractivity contribution is 0.144. The van der Waals surface area contributed by atoms with Crippen molar-refractivity contribution in [3.63, 3.8) is 0 Å². The summed E-state index contributed by atoms with van der Waals surface area (Å²) in [5.74, 6) is 1.24. The van der Waals surface area contributed by atoms with E-state index in [0.717, 1.165) is 5.56 Å². The number of aromatic nitrogens is 2. The normalized spacial score (nSPS) is 9.83. The molecule has 0 amide bonds. The number of ether oxygens (including phenoxy) is 2. The first-order valence-corrected chi connectivity index (χ1v) is 5.06. The summed E-state index contributed by atoms with van der Waals surface area (Å²) in [6, 6.07) is 7.24. The number of nitrogens with zero attached hydrogens (tertiary/aromatic N) is 2. The molecule has 1 N–H and O–H groups in total. The molecule has 0 unspecified atom stereocenters. The maximum absolute atomic E-state index is 10.3. The minimum Gasteiger partial charge on any atom is -0.497 e. The van der Waals surface area contributed by atoms with E-state index in [1.807, 2.05) is 18.2 Å². The highest BCUT2D eigenvalue weighted by Gasteiger charge is 2.05. The zero-order valence-electron chi connectivity index (χ0n) is 9.53. The molecule has 1 heterocycles. The number of carbonyl (C=O) groups is 1. The van der Waals surface area contributed by atoms with Crippen LogP contribution in [-0.4, -0.2) is 28.3 Å². The van der Waals surface area contributed by atoms with Crippen molar-refractivity contribution < 1.29 is 19.4 Å². The van der Waals surface area contributed by atoms with Crippen LogP contribution in [0.4, 0.5) is 4.79 Å². The molecule has 2 rings (SSSR count). The first kappa shape index (κ1) is 11.8. The molecule has 0 fully saturated rings. The Balaban J connectivity index is 2.25. The van der Waals surface area contributed by atoms with Crippen LogP contribution in [0.25, 0.3) is 11.4 Å². The molecule has 92 valence electrons. The van der Waals surface area contributed by atoms with E-state index in [4.69, 9.17) is 9.84 Å². The molecular weight excluding hydrogens is 236 g/mol. The Labute approximate surface area is 103 Å². The van der Waals surface area contributed by atoms with Gasteiger partial charge in [0.15, 0.2) is 11.6 Å². The monoisotopic (exact) mass is 246 g/mol. The summed E-state index contributed by atoms with van der Waals surface area (Å²) in [7, 11) is 1.57. The second-order valence-corrected chi connectivity index (χ2v) is 3.34. The van der Waals surface area contributed by atoms with Gasteiger partial charge in [-0.3, -0.25) is 0 Å². The Bertz CT molecular complexity index is 554. The molecular formula is C12H10N2O4. The first-order valence-electron chi connectivity index (χ1n) is 5.06. The van der Waals surface area contributed by atoms with Crippen molar-refractivity contribution in [2.75, 3.05) is 7.11 Å². The molecule has 0 radical (unpaired) electrons. The summed E-state index contributed by atoms with van der Waals surface area (Å²) in [4.78, 5) is 18.4. The van der Waals surface area contributed by atoms with E-state index < -0.39 is 6.16 Å². The number of hydrogen-bond acceptors (Lipinski definition) is 5. The lowest BCUT2D eigenvalue weighted by Crippen LogP contribution is -2.03. The van der Waals surface area contributed by atoms with Gasteiger partial charge in [-0.2, -0.15) is 0 Å². The van der Waals surface area contributed by atoms with Crippen LogP contribution < -0.4 is 9.47 Å². The van der Waals surface area contributed by atoms with E-state index in [9.17, 15) is 4.79 Å². The van der Waals surface area contributed by atoms with E-state index in [1.54, 1.807) is 13.2 Å². The zero-order valence-corrected chi connectivity index (χ0v) is 9.53. The Morgan fingerprint density at radius 3 is 2.56 bits per heavy atom. The summed E-state index contributed by atoms with van der Waals surface area (Å²) >= 11 is 0. The largest absolute Gasteiger partial charge is 0.511 e. The zero-order chi connectivity index (χ0) is 13.0. The number of rotatable bonds is 3. The molecule has 0 saturated heterocycles. The summed E-state index contributed by atoms with van der Waals surface area (Å²) in [6.45, 7) is 0.